The van der Waals surface area contributed by atoms with Crippen molar-refractivity contribution in [2.45, 2.75) is 32.9 Å². The van der Waals surface area contributed by atoms with Crippen molar-refractivity contribution in [2.24, 2.45) is 0 Å². The van der Waals surface area contributed by atoms with Gasteiger partial charge in [0.25, 0.3) is 0 Å². The summed E-state index contributed by atoms with van der Waals surface area (Å²) in [6.45, 7) is 7.07. The van der Waals surface area contributed by atoms with E-state index in [9.17, 15) is 4.79 Å². The fourth-order valence-electron chi connectivity index (χ4n) is 3.03. The summed E-state index contributed by atoms with van der Waals surface area (Å²) in [5.74, 6) is 0.0995. The summed E-state index contributed by atoms with van der Waals surface area (Å²) in [5.41, 5.74) is 2.26. The molecule has 1 atom stereocenters. The van der Waals surface area contributed by atoms with E-state index in [1.165, 1.54) is 10.6 Å². The van der Waals surface area contributed by atoms with Crippen LogP contribution in [0, 0.1) is 13.8 Å². The van der Waals surface area contributed by atoms with Crippen LogP contribution in [0.1, 0.15) is 28.7 Å². The standard InChI is InChI=1S/C16H22N4OS/c1-12-8-13(2)20(18-12)14-5-6-19(10-14)11-16(21)17-9-15-4-3-7-22-15/h3-4,7-8,14H,5-6,9-11H2,1-2H3,(H,17,21)/t14-/m0/s1. The Bertz CT molecular complexity index is 635. The number of thiophene rings is 1. The first-order chi connectivity index (χ1) is 10.6. The number of carbonyl (C=O) groups excluding carboxylic acids is 1. The highest BCUT2D eigenvalue weighted by molar-refractivity contribution is 7.09. The van der Waals surface area contributed by atoms with E-state index in [0.717, 1.165) is 25.2 Å². The van der Waals surface area contributed by atoms with Crippen molar-refractivity contribution in [2.75, 3.05) is 19.6 Å². The number of nitrogens with one attached hydrogen (secondary N) is 1. The van der Waals surface area contributed by atoms with E-state index in [0.29, 0.717) is 19.1 Å². The van der Waals surface area contributed by atoms with Crippen LogP contribution >= 0.6 is 11.3 Å². The van der Waals surface area contributed by atoms with Gasteiger partial charge in [-0.3, -0.25) is 14.4 Å². The maximum absolute atomic E-state index is 12.0. The van der Waals surface area contributed by atoms with Crippen molar-refractivity contribution in [1.82, 2.24) is 20.0 Å². The summed E-state index contributed by atoms with van der Waals surface area (Å²) in [5, 5.41) is 9.58. The van der Waals surface area contributed by atoms with E-state index in [1.807, 2.05) is 24.4 Å². The summed E-state index contributed by atoms with van der Waals surface area (Å²) >= 11 is 1.67. The highest BCUT2D eigenvalue weighted by Crippen LogP contribution is 2.22. The number of hydrogen-bond donors (Lipinski definition) is 1. The van der Waals surface area contributed by atoms with Crippen LogP contribution in [0.15, 0.2) is 23.6 Å². The predicted molar refractivity (Wildman–Crippen MR) is 88.0 cm³/mol. The van der Waals surface area contributed by atoms with Gasteiger partial charge in [0.2, 0.25) is 5.91 Å². The number of amides is 1. The molecule has 0 bridgehead atoms. The third kappa shape index (κ3) is 3.56. The lowest BCUT2D eigenvalue weighted by atomic mass is 10.2. The van der Waals surface area contributed by atoms with Crippen molar-refractivity contribution in [1.29, 1.82) is 0 Å². The number of nitrogens with zero attached hydrogens (tertiary/aromatic N) is 3. The molecule has 6 heteroatoms. The lowest BCUT2D eigenvalue weighted by Gasteiger charge is -2.16. The minimum Gasteiger partial charge on any atom is -0.350 e. The Hall–Kier alpha value is -1.66. The normalized spacial score (nSPS) is 18.7. The summed E-state index contributed by atoms with van der Waals surface area (Å²) in [7, 11) is 0. The van der Waals surface area contributed by atoms with Gasteiger partial charge in [0, 0.05) is 23.7 Å². The van der Waals surface area contributed by atoms with E-state index in [-0.39, 0.29) is 5.91 Å². The molecule has 1 amide bonds. The van der Waals surface area contributed by atoms with Gasteiger partial charge >= 0.3 is 0 Å². The SMILES string of the molecule is Cc1cc(C)n([C@H]2CCN(CC(=O)NCc3cccs3)C2)n1. The zero-order valence-electron chi connectivity index (χ0n) is 13.1. The first kappa shape index (κ1) is 15.2. The molecule has 1 saturated heterocycles. The summed E-state index contributed by atoms with van der Waals surface area (Å²) < 4.78 is 2.11. The zero-order chi connectivity index (χ0) is 15.5. The second kappa shape index (κ2) is 6.62. The van der Waals surface area contributed by atoms with Crippen LogP contribution in [-0.4, -0.2) is 40.2 Å². The average Bonchev–Trinajstić information content (AvgIpc) is 3.18. The zero-order valence-corrected chi connectivity index (χ0v) is 13.9. The molecule has 0 spiro atoms. The molecule has 1 N–H and O–H groups in total. The number of likely N-dealkylation sites (tertiary alicyclic amines) is 1. The molecule has 2 aromatic heterocycles. The largest absolute Gasteiger partial charge is 0.350 e. The van der Waals surface area contributed by atoms with Crippen LogP contribution in [0.4, 0.5) is 0 Å². The van der Waals surface area contributed by atoms with Crippen molar-refractivity contribution < 1.29 is 4.79 Å². The Kier molecular flexibility index (Phi) is 4.59. The van der Waals surface area contributed by atoms with Crippen LogP contribution in [0.3, 0.4) is 0 Å². The second-order valence-electron chi connectivity index (χ2n) is 5.91. The molecule has 1 aliphatic rings. The van der Waals surface area contributed by atoms with E-state index >= 15 is 0 Å². The Morgan fingerprint density at radius 2 is 2.36 bits per heavy atom. The van der Waals surface area contributed by atoms with Crippen molar-refractivity contribution in [3.63, 3.8) is 0 Å². The third-order valence-corrected chi connectivity index (χ3v) is 4.92. The molecule has 0 unspecified atom stereocenters. The maximum Gasteiger partial charge on any atom is 0.234 e. The molecule has 1 fully saturated rings. The van der Waals surface area contributed by atoms with Gasteiger partial charge in [-0.05, 0) is 37.8 Å². The van der Waals surface area contributed by atoms with Crippen LogP contribution in [-0.2, 0) is 11.3 Å². The number of aryl methyl sites for hydroxylation is 2. The molecule has 3 heterocycles. The highest BCUT2D eigenvalue weighted by atomic mass is 32.1. The molecule has 2 aromatic rings. The number of carbonyl (C=O) groups is 1. The smallest absolute Gasteiger partial charge is 0.234 e. The summed E-state index contributed by atoms with van der Waals surface area (Å²) in [4.78, 5) is 15.4. The Balaban J connectivity index is 1.48. The van der Waals surface area contributed by atoms with Gasteiger partial charge in [0.1, 0.15) is 0 Å². The fraction of sp³-hybridized carbons (Fsp3) is 0.500. The van der Waals surface area contributed by atoms with Gasteiger partial charge in [-0.15, -0.1) is 11.3 Å². The molecule has 22 heavy (non-hydrogen) atoms. The van der Waals surface area contributed by atoms with Crippen LogP contribution in [0.25, 0.3) is 0 Å². The molecule has 0 aliphatic carbocycles. The van der Waals surface area contributed by atoms with Crippen molar-refractivity contribution >= 4 is 17.2 Å². The molecule has 5 nitrogen and oxygen atoms in total. The Morgan fingerprint density at radius 1 is 1.50 bits per heavy atom. The quantitative estimate of drug-likeness (QED) is 0.919. The number of hydrogen-bond acceptors (Lipinski definition) is 4. The molecule has 1 aliphatic heterocycles. The summed E-state index contributed by atoms with van der Waals surface area (Å²) in [6.07, 6.45) is 1.06. The molecule has 0 radical (unpaired) electrons. The van der Waals surface area contributed by atoms with Gasteiger partial charge in [-0.25, -0.2) is 0 Å². The lowest BCUT2D eigenvalue weighted by molar-refractivity contribution is -0.122. The summed E-state index contributed by atoms with van der Waals surface area (Å²) in [6, 6.07) is 6.54. The van der Waals surface area contributed by atoms with Crippen molar-refractivity contribution in [3.8, 4) is 0 Å². The third-order valence-electron chi connectivity index (χ3n) is 4.05. The first-order valence-corrected chi connectivity index (χ1v) is 8.54. The van der Waals surface area contributed by atoms with Crippen molar-refractivity contribution in [3.05, 3.63) is 39.8 Å². The van der Waals surface area contributed by atoms with E-state index in [2.05, 4.69) is 33.0 Å². The van der Waals surface area contributed by atoms with Crippen LogP contribution < -0.4 is 5.32 Å². The topological polar surface area (TPSA) is 50.2 Å². The van der Waals surface area contributed by atoms with Gasteiger partial charge < -0.3 is 5.32 Å². The minimum atomic E-state index is 0.0995. The number of aromatic nitrogens is 2. The molecule has 0 saturated carbocycles. The molecular formula is C16H22N4OS. The lowest BCUT2D eigenvalue weighted by Crippen LogP contribution is -2.35. The van der Waals surface area contributed by atoms with Crippen LogP contribution in [0.2, 0.25) is 0 Å². The van der Waals surface area contributed by atoms with E-state index in [4.69, 9.17) is 0 Å². The average molecular weight is 318 g/mol. The fourth-order valence-corrected chi connectivity index (χ4v) is 3.67. The Morgan fingerprint density at radius 3 is 3.05 bits per heavy atom. The monoisotopic (exact) mass is 318 g/mol. The Labute approximate surface area is 134 Å². The molecular weight excluding hydrogens is 296 g/mol. The molecule has 0 aromatic carbocycles. The maximum atomic E-state index is 12.0. The van der Waals surface area contributed by atoms with E-state index in [1.54, 1.807) is 11.3 Å². The highest BCUT2D eigenvalue weighted by Gasteiger charge is 2.26. The predicted octanol–water partition coefficient (Wildman–Crippen LogP) is 2.12. The van der Waals surface area contributed by atoms with Gasteiger partial charge in [0.05, 0.1) is 24.8 Å². The first-order valence-electron chi connectivity index (χ1n) is 7.66. The minimum absolute atomic E-state index is 0.0995. The van der Waals surface area contributed by atoms with Gasteiger partial charge in [0.15, 0.2) is 0 Å². The second-order valence-corrected chi connectivity index (χ2v) is 6.94. The molecule has 3 rings (SSSR count). The number of rotatable bonds is 5. The van der Waals surface area contributed by atoms with Gasteiger partial charge in [-0.1, -0.05) is 6.07 Å². The molecule has 118 valence electrons. The van der Waals surface area contributed by atoms with Gasteiger partial charge in [-0.2, -0.15) is 5.10 Å². The van der Waals surface area contributed by atoms with Crippen LogP contribution in [0.5, 0.6) is 0 Å². The van der Waals surface area contributed by atoms with E-state index < -0.39 is 0 Å².